The van der Waals surface area contributed by atoms with Gasteiger partial charge in [-0.2, -0.15) is 10.0 Å². The molecule has 2 aromatic heterocycles. The Balaban J connectivity index is 2.23. The molecular weight excluding hydrogens is 288 g/mol. The molecule has 2 aromatic carbocycles. The van der Waals surface area contributed by atoms with E-state index in [0.717, 1.165) is 11.4 Å². The van der Waals surface area contributed by atoms with Crippen LogP contribution < -0.4 is 0 Å². The third-order valence-corrected chi connectivity index (χ3v) is 7.40. The first-order chi connectivity index (χ1) is 10.6. The molecule has 0 radical (unpaired) electrons. The fourth-order valence-corrected chi connectivity index (χ4v) is 6.77. The zero-order chi connectivity index (χ0) is 15.1. The normalized spacial score (nSPS) is 17.6. The van der Waals surface area contributed by atoms with Crippen molar-refractivity contribution in [2.75, 3.05) is 12.5 Å². The molecular formula is C19H18N2S. The summed E-state index contributed by atoms with van der Waals surface area (Å²) in [5.41, 5.74) is 5.17. The van der Waals surface area contributed by atoms with Crippen LogP contribution in [0.5, 0.6) is 0 Å². The predicted molar refractivity (Wildman–Crippen MR) is 96.4 cm³/mol. The first-order valence-electron chi connectivity index (χ1n) is 7.60. The lowest BCUT2D eigenvalue weighted by molar-refractivity contribution is 1.03. The quantitative estimate of drug-likeness (QED) is 0.423. The first-order valence-corrected chi connectivity index (χ1v) is 10.2. The smallest absolute Gasteiger partial charge is 0.146 e. The average molecular weight is 306 g/mol. The Morgan fingerprint density at radius 3 is 2.50 bits per heavy atom. The Bertz CT molecular complexity index is 1090. The van der Waals surface area contributed by atoms with E-state index in [1.165, 1.54) is 38.0 Å². The molecule has 0 aliphatic carbocycles. The number of nitrogens with zero attached hydrogens (tertiary/aromatic N) is 2. The molecule has 1 aliphatic rings. The molecule has 0 atom stereocenters. The lowest BCUT2D eigenvalue weighted by Crippen LogP contribution is -2.12. The van der Waals surface area contributed by atoms with Crippen molar-refractivity contribution in [3.8, 4) is 0 Å². The van der Waals surface area contributed by atoms with Gasteiger partial charge in [0.05, 0.1) is 16.2 Å². The van der Waals surface area contributed by atoms with Gasteiger partial charge in [0, 0.05) is 16.5 Å². The predicted octanol–water partition coefficient (Wildman–Crippen LogP) is 4.89. The molecule has 0 bridgehead atoms. The van der Waals surface area contributed by atoms with Gasteiger partial charge >= 0.3 is 0 Å². The minimum atomic E-state index is -0.850. The van der Waals surface area contributed by atoms with Gasteiger partial charge in [-0.1, -0.05) is 42.5 Å². The number of benzene rings is 2. The van der Waals surface area contributed by atoms with E-state index in [1.54, 1.807) is 0 Å². The Hall–Kier alpha value is -2.00. The summed E-state index contributed by atoms with van der Waals surface area (Å²) in [4.78, 5) is 4.97. The van der Waals surface area contributed by atoms with Gasteiger partial charge in [0.2, 0.25) is 0 Å². The highest BCUT2D eigenvalue weighted by atomic mass is 32.3. The van der Waals surface area contributed by atoms with Crippen LogP contribution in [0.1, 0.15) is 11.3 Å². The molecule has 0 amide bonds. The number of hydrogen-bond acceptors (Lipinski definition) is 1. The molecule has 0 saturated carbocycles. The van der Waals surface area contributed by atoms with Crippen molar-refractivity contribution < 1.29 is 0 Å². The third-order valence-electron chi connectivity index (χ3n) is 4.84. The van der Waals surface area contributed by atoms with E-state index in [1.807, 2.05) is 0 Å². The zero-order valence-electron chi connectivity index (χ0n) is 13.1. The van der Waals surface area contributed by atoms with E-state index in [0.29, 0.717) is 0 Å². The van der Waals surface area contributed by atoms with Crippen molar-refractivity contribution in [2.24, 2.45) is 0 Å². The van der Waals surface area contributed by atoms with Crippen molar-refractivity contribution in [2.45, 2.75) is 17.7 Å². The van der Waals surface area contributed by atoms with Gasteiger partial charge in [-0.15, -0.1) is 0 Å². The molecule has 110 valence electrons. The van der Waals surface area contributed by atoms with Crippen molar-refractivity contribution in [3.63, 3.8) is 0 Å². The van der Waals surface area contributed by atoms with E-state index < -0.39 is 10.0 Å². The van der Waals surface area contributed by atoms with Gasteiger partial charge < -0.3 is 0 Å². The Labute approximate surface area is 131 Å². The maximum absolute atomic E-state index is 4.97. The Morgan fingerprint density at radius 1 is 0.955 bits per heavy atom. The summed E-state index contributed by atoms with van der Waals surface area (Å²) in [6.45, 7) is 2.17. The lowest BCUT2D eigenvalue weighted by Gasteiger charge is -2.36. The molecule has 5 rings (SSSR count). The molecule has 4 aromatic rings. The number of pyridine rings is 1. The van der Waals surface area contributed by atoms with E-state index in [9.17, 15) is 0 Å². The molecule has 3 heteroatoms. The van der Waals surface area contributed by atoms with Crippen LogP contribution in [-0.2, 0) is 5.75 Å². The van der Waals surface area contributed by atoms with Crippen LogP contribution in [0.2, 0.25) is 0 Å². The molecule has 0 spiro atoms. The number of rotatable bonds is 0. The van der Waals surface area contributed by atoms with Crippen LogP contribution in [0.3, 0.4) is 0 Å². The summed E-state index contributed by atoms with van der Waals surface area (Å²) in [5, 5.41) is 5.39. The molecule has 1 aliphatic heterocycles. The topological polar surface area (TPSA) is 17.3 Å². The van der Waals surface area contributed by atoms with Gasteiger partial charge in [-0.3, -0.25) is 4.40 Å². The second-order valence-electron chi connectivity index (χ2n) is 6.70. The first kappa shape index (κ1) is 12.5. The third kappa shape index (κ3) is 1.35. The van der Waals surface area contributed by atoms with Gasteiger partial charge in [-0.25, -0.2) is 4.98 Å². The SMILES string of the molecule is Cc1nc2c3ccccc3c3cccc4c3n2c1S(C)(C)C4. The van der Waals surface area contributed by atoms with Crippen molar-refractivity contribution >= 4 is 37.4 Å². The summed E-state index contributed by atoms with van der Waals surface area (Å²) in [5.74, 6) is 1.16. The van der Waals surface area contributed by atoms with Crippen LogP contribution in [-0.4, -0.2) is 21.9 Å². The number of fused-ring (bicyclic) bond motifs is 3. The number of imidazole rings is 1. The summed E-state index contributed by atoms with van der Waals surface area (Å²) < 4.78 is 2.46. The molecule has 22 heavy (non-hydrogen) atoms. The summed E-state index contributed by atoms with van der Waals surface area (Å²) in [6, 6.07) is 15.4. The molecule has 0 saturated heterocycles. The minimum absolute atomic E-state index is 0.850. The van der Waals surface area contributed by atoms with Crippen LogP contribution in [0.15, 0.2) is 47.5 Å². The summed E-state index contributed by atoms with van der Waals surface area (Å²) in [7, 11) is -0.850. The van der Waals surface area contributed by atoms with Crippen LogP contribution in [0.25, 0.3) is 27.3 Å². The van der Waals surface area contributed by atoms with E-state index in [-0.39, 0.29) is 0 Å². The number of para-hydroxylation sites is 1. The van der Waals surface area contributed by atoms with Crippen LogP contribution >= 0.6 is 10.0 Å². The average Bonchev–Trinajstić information content (AvgIpc) is 2.85. The van der Waals surface area contributed by atoms with E-state index >= 15 is 0 Å². The van der Waals surface area contributed by atoms with E-state index in [4.69, 9.17) is 4.98 Å². The second-order valence-corrected chi connectivity index (χ2v) is 10.5. The van der Waals surface area contributed by atoms with Gasteiger partial charge in [0.25, 0.3) is 0 Å². The molecule has 3 heterocycles. The number of aromatic nitrogens is 2. The van der Waals surface area contributed by atoms with Crippen molar-refractivity contribution in [1.82, 2.24) is 9.38 Å². The molecule has 0 fully saturated rings. The molecule has 0 unspecified atom stereocenters. The number of aryl methyl sites for hydroxylation is 1. The minimum Gasteiger partial charge on any atom is -0.287 e. The largest absolute Gasteiger partial charge is 0.287 e. The highest BCUT2D eigenvalue weighted by Crippen LogP contribution is 2.57. The van der Waals surface area contributed by atoms with Gasteiger partial charge in [-0.05, 0) is 30.4 Å². The highest BCUT2D eigenvalue weighted by Gasteiger charge is 2.30. The highest BCUT2D eigenvalue weighted by molar-refractivity contribution is 8.32. The summed E-state index contributed by atoms with van der Waals surface area (Å²) >= 11 is 0. The Morgan fingerprint density at radius 2 is 1.68 bits per heavy atom. The fraction of sp³-hybridized carbons (Fsp3) is 0.211. The standard InChI is InChI=1S/C19H18N2S/c1-12-19-21-17-13(11-22(19,2)3)7-6-10-15(17)14-8-4-5-9-16(14)18(21)20-12/h4-10H,11H2,1-3H3. The zero-order valence-corrected chi connectivity index (χ0v) is 13.9. The fourth-order valence-electron chi connectivity index (χ4n) is 4.11. The van der Waals surface area contributed by atoms with Crippen molar-refractivity contribution in [1.29, 1.82) is 0 Å². The van der Waals surface area contributed by atoms with Crippen molar-refractivity contribution in [3.05, 3.63) is 53.7 Å². The maximum atomic E-state index is 4.97. The van der Waals surface area contributed by atoms with Gasteiger partial charge in [0.15, 0.2) is 0 Å². The monoisotopic (exact) mass is 306 g/mol. The van der Waals surface area contributed by atoms with Crippen LogP contribution in [0, 0.1) is 6.92 Å². The van der Waals surface area contributed by atoms with E-state index in [2.05, 4.69) is 66.3 Å². The second kappa shape index (κ2) is 3.85. The maximum Gasteiger partial charge on any atom is 0.146 e. The molecule has 0 N–H and O–H groups in total. The summed E-state index contributed by atoms with van der Waals surface area (Å²) in [6.07, 6.45) is 4.83. The lowest BCUT2D eigenvalue weighted by atomic mass is 10.0. The van der Waals surface area contributed by atoms with Gasteiger partial charge in [0.1, 0.15) is 5.65 Å². The van der Waals surface area contributed by atoms with Crippen LogP contribution in [0.4, 0.5) is 0 Å². The Kier molecular flexibility index (Phi) is 2.19. The number of hydrogen-bond donors (Lipinski definition) is 0. The molecule has 2 nitrogen and oxygen atoms in total.